The Hall–Kier alpha value is -3.54. The Morgan fingerprint density at radius 3 is 3.03 bits per heavy atom. The average Bonchev–Trinajstić information content (AvgIpc) is 3.09. The summed E-state index contributed by atoms with van der Waals surface area (Å²) < 4.78 is 7.86. The van der Waals surface area contributed by atoms with Crippen LogP contribution in [0.3, 0.4) is 0 Å². The third kappa shape index (κ3) is 4.32. The van der Waals surface area contributed by atoms with Gasteiger partial charge in [-0.15, -0.1) is 0 Å². The molecular weight excluding hydrogens is 362 g/mol. The van der Waals surface area contributed by atoms with Gasteiger partial charge in [-0.05, 0) is 43.5 Å². The van der Waals surface area contributed by atoms with Crippen LogP contribution in [0.25, 0.3) is 16.4 Å². The van der Waals surface area contributed by atoms with Crippen molar-refractivity contribution in [3.8, 4) is 5.75 Å². The predicted octanol–water partition coefficient (Wildman–Crippen LogP) is 4.60. The minimum absolute atomic E-state index is 0.506. The number of benzene rings is 1. The predicted molar refractivity (Wildman–Crippen MR) is 118 cm³/mol. The first kappa shape index (κ1) is 18.8. The van der Waals surface area contributed by atoms with Gasteiger partial charge in [0.2, 0.25) is 0 Å². The number of nitrogens with zero attached hydrogens (tertiary/aromatic N) is 3. The third-order valence-corrected chi connectivity index (χ3v) is 4.85. The van der Waals surface area contributed by atoms with Crippen LogP contribution in [0.5, 0.6) is 5.75 Å². The molecule has 0 unspecified atom stereocenters. The zero-order valence-corrected chi connectivity index (χ0v) is 16.6. The molecule has 0 saturated heterocycles. The number of hydrogen-bond acceptors (Lipinski definition) is 5. The maximum atomic E-state index is 5.96. The van der Waals surface area contributed by atoms with E-state index >= 15 is 0 Å². The van der Waals surface area contributed by atoms with E-state index in [1.54, 1.807) is 6.20 Å². The van der Waals surface area contributed by atoms with Crippen LogP contribution in [0.1, 0.15) is 18.5 Å². The number of imidazole rings is 1. The number of aromatic nitrogens is 3. The molecule has 0 radical (unpaired) electrons. The average molecular weight is 387 g/mol. The number of hydrogen-bond donors (Lipinski definition) is 2. The lowest BCUT2D eigenvalue weighted by Gasteiger charge is -2.12. The van der Waals surface area contributed by atoms with E-state index in [4.69, 9.17) is 10.5 Å². The van der Waals surface area contributed by atoms with E-state index in [0.29, 0.717) is 12.4 Å². The molecule has 148 valence electrons. The van der Waals surface area contributed by atoms with E-state index in [2.05, 4.69) is 27.9 Å². The topological polar surface area (TPSA) is 77.5 Å². The highest BCUT2D eigenvalue weighted by Gasteiger charge is 2.05. The van der Waals surface area contributed by atoms with Crippen molar-refractivity contribution in [2.24, 2.45) is 0 Å². The second kappa shape index (κ2) is 8.22. The molecule has 0 amide bonds. The fourth-order valence-electron chi connectivity index (χ4n) is 3.38. The minimum atomic E-state index is 0.506. The van der Waals surface area contributed by atoms with Crippen LogP contribution in [0.4, 0.5) is 11.5 Å². The number of ether oxygens (including phenoxy) is 1. The molecule has 6 nitrogen and oxygen atoms in total. The summed E-state index contributed by atoms with van der Waals surface area (Å²) in [5.74, 6) is 1.37. The molecule has 3 aromatic heterocycles. The van der Waals surface area contributed by atoms with Crippen molar-refractivity contribution in [1.82, 2.24) is 14.4 Å². The largest absolute Gasteiger partial charge is 0.489 e. The first-order valence-corrected chi connectivity index (χ1v) is 9.72. The van der Waals surface area contributed by atoms with Gasteiger partial charge >= 0.3 is 0 Å². The Labute approximate surface area is 170 Å². The highest BCUT2D eigenvalue weighted by molar-refractivity contribution is 5.99. The molecule has 4 rings (SSSR count). The van der Waals surface area contributed by atoms with Crippen LogP contribution in [-0.2, 0) is 0 Å². The highest BCUT2D eigenvalue weighted by Crippen LogP contribution is 2.26. The third-order valence-electron chi connectivity index (χ3n) is 4.85. The molecule has 4 aromatic rings. The van der Waals surface area contributed by atoms with Crippen molar-refractivity contribution < 1.29 is 4.74 Å². The summed E-state index contributed by atoms with van der Waals surface area (Å²) in [6.07, 6.45) is 7.56. The second-order valence-corrected chi connectivity index (χ2v) is 7.18. The van der Waals surface area contributed by atoms with E-state index in [1.807, 2.05) is 54.0 Å². The Bertz CT molecular complexity index is 1160. The fraction of sp³-hybridized carbons (Fsp3) is 0.217. The lowest BCUT2D eigenvalue weighted by atomic mass is 10.1. The highest BCUT2D eigenvalue weighted by atomic mass is 16.5. The van der Waals surface area contributed by atoms with Gasteiger partial charge in [0.1, 0.15) is 23.8 Å². The summed E-state index contributed by atoms with van der Waals surface area (Å²) >= 11 is 0. The summed E-state index contributed by atoms with van der Waals surface area (Å²) in [6.45, 7) is 7.48. The van der Waals surface area contributed by atoms with Gasteiger partial charge in [-0.3, -0.25) is 0 Å². The Morgan fingerprint density at radius 2 is 2.14 bits per heavy atom. The Morgan fingerprint density at radius 1 is 1.24 bits per heavy atom. The molecule has 0 aliphatic rings. The normalized spacial score (nSPS) is 11.1. The van der Waals surface area contributed by atoms with Crippen LogP contribution in [0, 0.1) is 6.92 Å². The standard InChI is InChI=1S/C23H25N5O/c1-16(15-29-18-9-12-28-14-17(2)27-22(28)13-18)5-4-10-25-21-7-3-6-20-19(21)8-11-26-23(20)24/h3,6-9,11-14,25H,1,4-5,10,15H2,2H3,(H2,24,26). The first-order chi connectivity index (χ1) is 14.1. The molecule has 0 spiro atoms. The zero-order chi connectivity index (χ0) is 20.2. The van der Waals surface area contributed by atoms with E-state index in [-0.39, 0.29) is 0 Å². The van der Waals surface area contributed by atoms with Crippen LogP contribution in [-0.4, -0.2) is 27.5 Å². The summed E-state index contributed by atoms with van der Waals surface area (Å²) in [5, 5.41) is 5.55. The molecule has 0 aliphatic heterocycles. The van der Waals surface area contributed by atoms with Crippen molar-refractivity contribution in [3.63, 3.8) is 0 Å². The van der Waals surface area contributed by atoms with Gasteiger partial charge in [0, 0.05) is 47.7 Å². The second-order valence-electron chi connectivity index (χ2n) is 7.18. The van der Waals surface area contributed by atoms with Crippen molar-refractivity contribution in [2.45, 2.75) is 19.8 Å². The molecule has 0 fully saturated rings. The van der Waals surface area contributed by atoms with E-state index in [9.17, 15) is 0 Å². The first-order valence-electron chi connectivity index (χ1n) is 9.72. The number of nitrogen functional groups attached to an aromatic ring is 1. The number of pyridine rings is 2. The van der Waals surface area contributed by atoms with Gasteiger partial charge in [-0.2, -0.15) is 0 Å². The van der Waals surface area contributed by atoms with E-state index < -0.39 is 0 Å². The zero-order valence-electron chi connectivity index (χ0n) is 16.6. The molecule has 6 heteroatoms. The van der Waals surface area contributed by atoms with Crippen molar-refractivity contribution in [2.75, 3.05) is 24.2 Å². The van der Waals surface area contributed by atoms with Crippen molar-refractivity contribution in [3.05, 3.63) is 72.8 Å². The Balaban J connectivity index is 1.25. The lowest BCUT2D eigenvalue weighted by molar-refractivity contribution is 0.347. The molecule has 3 heterocycles. The van der Waals surface area contributed by atoms with Crippen LogP contribution >= 0.6 is 0 Å². The van der Waals surface area contributed by atoms with Gasteiger partial charge in [0.15, 0.2) is 0 Å². The number of fused-ring (bicyclic) bond motifs is 2. The molecule has 0 atom stereocenters. The van der Waals surface area contributed by atoms with Crippen LogP contribution < -0.4 is 15.8 Å². The van der Waals surface area contributed by atoms with Gasteiger partial charge < -0.3 is 20.2 Å². The summed E-state index contributed by atoms with van der Waals surface area (Å²) in [5.41, 5.74) is 9.98. The Kier molecular flexibility index (Phi) is 5.33. The SMILES string of the molecule is C=C(CCCNc1cccc2c(N)nccc12)COc1ccn2cc(C)nc2c1. The van der Waals surface area contributed by atoms with E-state index in [0.717, 1.165) is 58.5 Å². The maximum absolute atomic E-state index is 5.96. The van der Waals surface area contributed by atoms with Crippen LogP contribution in [0.2, 0.25) is 0 Å². The number of aryl methyl sites for hydroxylation is 1. The summed E-state index contributed by atoms with van der Waals surface area (Å²) in [6, 6.07) is 11.9. The molecule has 0 saturated carbocycles. The molecule has 0 aliphatic carbocycles. The van der Waals surface area contributed by atoms with Crippen LogP contribution in [0.15, 0.2) is 67.1 Å². The van der Waals surface area contributed by atoms with E-state index in [1.165, 1.54) is 0 Å². The van der Waals surface area contributed by atoms with Gasteiger partial charge in [-0.25, -0.2) is 9.97 Å². The van der Waals surface area contributed by atoms with Crippen molar-refractivity contribution >= 4 is 27.9 Å². The monoisotopic (exact) mass is 387 g/mol. The lowest BCUT2D eigenvalue weighted by Crippen LogP contribution is -2.06. The minimum Gasteiger partial charge on any atom is -0.489 e. The number of rotatable bonds is 8. The van der Waals surface area contributed by atoms with Gasteiger partial charge in [0.05, 0.1) is 5.69 Å². The quantitative estimate of drug-likeness (QED) is 0.341. The maximum Gasteiger partial charge on any atom is 0.140 e. The molecular formula is C23H25N5O. The number of nitrogens with one attached hydrogen (secondary N) is 1. The molecule has 3 N–H and O–H groups in total. The van der Waals surface area contributed by atoms with Gasteiger partial charge in [0.25, 0.3) is 0 Å². The molecule has 0 bridgehead atoms. The van der Waals surface area contributed by atoms with Gasteiger partial charge in [-0.1, -0.05) is 18.7 Å². The fourth-order valence-corrected chi connectivity index (χ4v) is 3.38. The number of anilines is 2. The molecule has 1 aromatic carbocycles. The smallest absolute Gasteiger partial charge is 0.140 e. The van der Waals surface area contributed by atoms with Crippen molar-refractivity contribution in [1.29, 1.82) is 0 Å². The summed E-state index contributed by atoms with van der Waals surface area (Å²) in [4.78, 5) is 8.61. The summed E-state index contributed by atoms with van der Waals surface area (Å²) in [7, 11) is 0. The molecule has 29 heavy (non-hydrogen) atoms. The number of nitrogens with two attached hydrogens (primary N) is 1.